The number of rotatable bonds is 4. The van der Waals surface area contributed by atoms with Crippen molar-refractivity contribution in [2.24, 2.45) is 0 Å². The second-order valence-electron chi connectivity index (χ2n) is 7.37. The Bertz CT molecular complexity index is 1410. The molecule has 0 N–H and O–H groups in total. The molecule has 0 aliphatic carbocycles. The summed E-state index contributed by atoms with van der Waals surface area (Å²) in [5.74, 6) is 0.138. The molecule has 0 saturated carbocycles. The number of anilines is 1. The Morgan fingerprint density at radius 2 is 1.66 bits per heavy atom. The molecule has 0 bridgehead atoms. The molecule has 1 amide bonds. The van der Waals surface area contributed by atoms with E-state index in [1.807, 2.05) is 0 Å². The lowest BCUT2D eigenvalue weighted by atomic mass is 9.98. The zero-order valence-electron chi connectivity index (χ0n) is 17.3. The van der Waals surface area contributed by atoms with Crippen LogP contribution in [-0.4, -0.2) is 20.1 Å². The lowest BCUT2D eigenvalue weighted by Crippen LogP contribution is -2.29. The molecule has 0 fully saturated rings. The van der Waals surface area contributed by atoms with Crippen LogP contribution in [0.15, 0.2) is 75.9 Å². The van der Waals surface area contributed by atoms with Gasteiger partial charge in [0.1, 0.15) is 22.9 Å². The van der Waals surface area contributed by atoms with Crippen LogP contribution in [-0.2, 0) is 0 Å². The van der Waals surface area contributed by atoms with E-state index in [9.17, 15) is 14.0 Å². The van der Waals surface area contributed by atoms with Crippen LogP contribution in [0.25, 0.3) is 11.0 Å². The van der Waals surface area contributed by atoms with Crippen molar-refractivity contribution >= 4 is 22.6 Å². The predicted octanol–water partition coefficient (Wildman–Crippen LogP) is 4.70. The van der Waals surface area contributed by atoms with Gasteiger partial charge >= 0.3 is 0 Å². The molecular weight excluding hydrogens is 413 g/mol. The molecule has 160 valence electrons. The van der Waals surface area contributed by atoms with Crippen LogP contribution in [0.4, 0.5) is 10.1 Å². The number of ether oxygens (including phenoxy) is 2. The fourth-order valence-electron chi connectivity index (χ4n) is 4.08. The quantitative estimate of drug-likeness (QED) is 0.469. The average molecular weight is 431 g/mol. The molecule has 1 aliphatic heterocycles. The molecule has 1 atom stereocenters. The predicted molar refractivity (Wildman–Crippen MR) is 117 cm³/mol. The van der Waals surface area contributed by atoms with Gasteiger partial charge in [-0.2, -0.15) is 0 Å². The van der Waals surface area contributed by atoms with Crippen LogP contribution in [0.5, 0.6) is 11.5 Å². The highest BCUT2D eigenvalue weighted by atomic mass is 19.1. The lowest BCUT2D eigenvalue weighted by molar-refractivity contribution is 0.0971. The van der Waals surface area contributed by atoms with E-state index in [4.69, 9.17) is 13.9 Å². The van der Waals surface area contributed by atoms with Gasteiger partial charge in [0.25, 0.3) is 5.91 Å². The Kier molecular flexibility index (Phi) is 4.66. The molecule has 3 aromatic carbocycles. The molecule has 1 aliphatic rings. The standard InChI is InChI=1S/C25H18FNO5/c1-30-17-9-7-16(8-10-17)27-22(14-4-3-5-18(12-14)31-2)21-23(28)19-13-15(26)6-11-20(19)32-24(21)25(27)29/h3-13,22H,1-2H3. The second-order valence-corrected chi connectivity index (χ2v) is 7.37. The lowest BCUT2D eigenvalue weighted by Gasteiger charge is -2.25. The van der Waals surface area contributed by atoms with Gasteiger partial charge in [-0.15, -0.1) is 0 Å². The number of carbonyl (C=O) groups is 1. The second kappa shape index (κ2) is 7.53. The Balaban J connectivity index is 1.79. The van der Waals surface area contributed by atoms with Crippen molar-refractivity contribution in [2.75, 3.05) is 19.1 Å². The third-order valence-corrected chi connectivity index (χ3v) is 5.59. The highest BCUT2D eigenvalue weighted by Crippen LogP contribution is 2.42. The average Bonchev–Trinajstić information content (AvgIpc) is 3.12. The van der Waals surface area contributed by atoms with Crippen molar-refractivity contribution in [1.29, 1.82) is 0 Å². The largest absolute Gasteiger partial charge is 0.497 e. The van der Waals surface area contributed by atoms with E-state index < -0.39 is 23.2 Å². The van der Waals surface area contributed by atoms with Gasteiger partial charge in [-0.3, -0.25) is 14.5 Å². The number of fused-ring (bicyclic) bond motifs is 2. The number of amides is 1. The smallest absolute Gasteiger partial charge is 0.295 e. The number of carbonyl (C=O) groups excluding carboxylic acids is 1. The van der Waals surface area contributed by atoms with E-state index in [1.165, 1.54) is 17.0 Å². The van der Waals surface area contributed by atoms with E-state index in [0.717, 1.165) is 6.07 Å². The summed E-state index contributed by atoms with van der Waals surface area (Å²) < 4.78 is 30.3. The van der Waals surface area contributed by atoms with Gasteiger partial charge in [-0.25, -0.2) is 4.39 Å². The maximum Gasteiger partial charge on any atom is 0.295 e. The van der Waals surface area contributed by atoms with Crippen molar-refractivity contribution in [1.82, 2.24) is 0 Å². The molecule has 6 nitrogen and oxygen atoms in total. The first-order valence-corrected chi connectivity index (χ1v) is 9.89. The van der Waals surface area contributed by atoms with E-state index in [-0.39, 0.29) is 22.3 Å². The van der Waals surface area contributed by atoms with E-state index in [0.29, 0.717) is 22.7 Å². The van der Waals surface area contributed by atoms with Gasteiger partial charge in [0.15, 0.2) is 5.43 Å². The fraction of sp³-hybridized carbons (Fsp3) is 0.120. The normalized spacial score (nSPS) is 15.2. The van der Waals surface area contributed by atoms with Crippen LogP contribution in [0.1, 0.15) is 27.7 Å². The zero-order chi connectivity index (χ0) is 22.4. The maximum absolute atomic E-state index is 13.9. The number of benzene rings is 3. The Hall–Kier alpha value is -4.13. The van der Waals surface area contributed by atoms with Crippen LogP contribution < -0.4 is 19.8 Å². The van der Waals surface area contributed by atoms with Crippen LogP contribution in [0.2, 0.25) is 0 Å². The third-order valence-electron chi connectivity index (χ3n) is 5.59. The number of hydrogen-bond acceptors (Lipinski definition) is 5. The van der Waals surface area contributed by atoms with E-state index in [1.54, 1.807) is 62.8 Å². The highest BCUT2D eigenvalue weighted by Gasteiger charge is 2.43. The van der Waals surface area contributed by atoms with Gasteiger partial charge in [0.2, 0.25) is 5.76 Å². The van der Waals surface area contributed by atoms with Crippen LogP contribution in [0, 0.1) is 5.82 Å². The molecule has 0 saturated heterocycles. The molecule has 4 aromatic rings. The van der Waals surface area contributed by atoms with E-state index in [2.05, 4.69) is 0 Å². The monoisotopic (exact) mass is 431 g/mol. The first-order valence-electron chi connectivity index (χ1n) is 9.89. The summed E-state index contributed by atoms with van der Waals surface area (Å²) in [6, 6.07) is 17.0. The van der Waals surface area contributed by atoms with Gasteiger partial charge < -0.3 is 13.9 Å². The van der Waals surface area contributed by atoms with Crippen molar-refractivity contribution in [2.45, 2.75) is 6.04 Å². The summed E-state index contributed by atoms with van der Waals surface area (Å²) in [4.78, 5) is 28.5. The molecule has 1 unspecified atom stereocenters. The minimum Gasteiger partial charge on any atom is -0.497 e. The first-order chi connectivity index (χ1) is 15.5. The summed E-state index contributed by atoms with van der Waals surface area (Å²) >= 11 is 0. The Morgan fingerprint density at radius 1 is 0.906 bits per heavy atom. The minimum atomic E-state index is -0.773. The molecule has 32 heavy (non-hydrogen) atoms. The summed E-state index contributed by atoms with van der Waals surface area (Å²) in [5, 5.41) is 0.0843. The number of nitrogens with zero attached hydrogens (tertiary/aromatic N) is 1. The van der Waals surface area contributed by atoms with Crippen molar-refractivity contribution in [3.8, 4) is 11.5 Å². The fourth-order valence-corrected chi connectivity index (χ4v) is 4.08. The molecule has 0 radical (unpaired) electrons. The summed E-state index contributed by atoms with van der Waals surface area (Å²) in [5.41, 5.74) is 1.10. The molecular formula is C25H18FNO5. The van der Waals surface area contributed by atoms with Gasteiger partial charge in [0.05, 0.1) is 31.2 Å². The third kappa shape index (κ3) is 3.01. The molecule has 7 heteroatoms. The number of methoxy groups -OCH3 is 2. The van der Waals surface area contributed by atoms with Gasteiger partial charge in [0, 0.05) is 5.69 Å². The van der Waals surface area contributed by atoms with Gasteiger partial charge in [-0.1, -0.05) is 12.1 Å². The van der Waals surface area contributed by atoms with Crippen LogP contribution in [0.3, 0.4) is 0 Å². The van der Waals surface area contributed by atoms with Crippen LogP contribution >= 0.6 is 0 Å². The summed E-state index contributed by atoms with van der Waals surface area (Å²) in [6.07, 6.45) is 0. The highest BCUT2D eigenvalue weighted by molar-refractivity contribution is 6.10. The molecule has 2 heterocycles. The summed E-state index contributed by atoms with van der Waals surface area (Å²) in [7, 11) is 3.09. The molecule has 5 rings (SSSR count). The topological polar surface area (TPSA) is 69.0 Å². The first kappa shape index (κ1) is 19.8. The maximum atomic E-state index is 13.9. The Labute approximate surface area is 182 Å². The van der Waals surface area contributed by atoms with Crippen molar-refractivity contribution in [3.05, 3.63) is 99.7 Å². The summed E-state index contributed by atoms with van der Waals surface area (Å²) in [6.45, 7) is 0. The SMILES string of the molecule is COc1ccc(N2C(=O)c3oc4ccc(F)cc4c(=O)c3C2c2cccc(OC)c2)cc1. The molecule has 0 spiro atoms. The zero-order valence-corrected chi connectivity index (χ0v) is 17.3. The minimum absolute atomic E-state index is 0.0576. The van der Waals surface area contributed by atoms with E-state index >= 15 is 0 Å². The van der Waals surface area contributed by atoms with Gasteiger partial charge in [-0.05, 0) is 60.2 Å². The number of halogens is 1. The number of hydrogen-bond donors (Lipinski definition) is 0. The van der Waals surface area contributed by atoms with Crippen molar-refractivity contribution < 1.29 is 23.1 Å². The Morgan fingerprint density at radius 3 is 2.38 bits per heavy atom. The molecule has 1 aromatic heterocycles. The van der Waals surface area contributed by atoms with Crippen molar-refractivity contribution in [3.63, 3.8) is 0 Å².